The average molecular weight is 480 g/mol. The lowest BCUT2D eigenvalue weighted by atomic mass is 9.98. The van der Waals surface area contributed by atoms with Crippen LogP contribution in [0.4, 0.5) is 0 Å². The number of nitrogens with zero attached hydrogens (tertiary/aromatic N) is 1. The zero-order chi connectivity index (χ0) is 24.5. The third-order valence-corrected chi connectivity index (χ3v) is 7.98. The zero-order valence-corrected chi connectivity index (χ0v) is 21.0. The van der Waals surface area contributed by atoms with E-state index >= 15 is 0 Å². The molecule has 1 fully saturated rings. The quantitative estimate of drug-likeness (QED) is 0.602. The van der Waals surface area contributed by atoms with Crippen LogP contribution in [0.15, 0.2) is 54.6 Å². The first-order valence-corrected chi connectivity index (χ1v) is 12.8. The van der Waals surface area contributed by atoms with Gasteiger partial charge in [0.2, 0.25) is 11.8 Å². The Morgan fingerprint density at radius 1 is 1.06 bits per heavy atom. The minimum absolute atomic E-state index is 0.119. The molecule has 0 radical (unpaired) electrons. The van der Waals surface area contributed by atoms with E-state index in [4.69, 9.17) is 0 Å². The van der Waals surface area contributed by atoms with Gasteiger partial charge in [0.05, 0.1) is 0 Å². The number of hydrogen-bond acceptors (Lipinski definition) is 4. The van der Waals surface area contributed by atoms with Crippen LogP contribution in [0.3, 0.4) is 0 Å². The summed E-state index contributed by atoms with van der Waals surface area (Å²) < 4.78 is -0.482. The highest BCUT2D eigenvalue weighted by atomic mass is 32.2. The first-order chi connectivity index (χ1) is 16.2. The molecule has 0 aromatic heterocycles. The highest BCUT2D eigenvalue weighted by Gasteiger charge is 2.57. The molecule has 0 aliphatic carbocycles. The van der Waals surface area contributed by atoms with Crippen LogP contribution < -0.4 is 10.6 Å². The highest BCUT2D eigenvalue weighted by Crippen LogP contribution is 2.56. The number of carbonyl (C=O) groups is 3. The van der Waals surface area contributed by atoms with E-state index < -0.39 is 16.8 Å². The molecule has 2 aromatic rings. The summed E-state index contributed by atoms with van der Waals surface area (Å²) in [5.74, 6) is -0.354. The van der Waals surface area contributed by atoms with Gasteiger partial charge < -0.3 is 15.5 Å². The molecule has 2 heterocycles. The molecule has 1 saturated heterocycles. The molecule has 2 aliphatic rings. The summed E-state index contributed by atoms with van der Waals surface area (Å²) in [7, 11) is 0. The second-order valence-electron chi connectivity index (χ2n) is 9.99. The molecule has 0 saturated carbocycles. The maximum atomic E-state index is 13.6. The number of hydrogen-bond donors (Lipinski definition) is 2. The van der Waals surface area contributed by atoms with Crippen LogP contribution in [-0.2, 0) is 16.0 Å². The van der Waals surface area contributed by atoms with E-state index in [1.54, 1.807) is 16.7 Å². The Labute approximate surface area is 205 Å². The number of carbonyl (C=O) groups excluding carboxylic acids is 3. The summed E-state index contributed by atoms with van der Waals surface area (Å²) in [5.41, 5.74) is 2.76. The molecule has 0 spiro atoms. The van der Waals surface area contributed by atoms with Gasteiger partial charge in [0.15, 0.2) is 0 Å². The second kappa shape index (κ2) is 9.82. The van der Waals surface area contributed by atoms with Gasteiger partial charge in [-0.05, 0) is 49.8 Å². The summed E-state index contributed by atoms with van der Waals surface area (Å²) in [6.07, 6.45) is 1.25. The molecule has 180 valence electrons. The topological polar surface area (TPSA) is 78.5 Å². The number of nitrogens with one attached hydrogen (secondary N) is 2. The molecule has 0 bridgehead atoms. The average Bonchev–Trinajstić information content (AvgIpc) is 3.22. The second-order valence-corrected chi connectivity index (χ2v) is 11.7. The van der Waals surface area contributed by atoms with E-state index in [1.165, 1.54) is 0 Å². The zero-order valence-electron chi connectivity index (χ0n) is 20.2. The van der Waals surface area contributed by atoms with Gasteiger partial charge >= 0.3 is 0 Å². The van der Waals surface area contributed by atoms with Gasteiger partial charge in [0.1, 0.15) is 17.5 Å². The largest absolute Gasteiger partial charge is 0.354 e. The van der Waals surface area contributed by atoms with Crippen molar-refractivity contribution in [3.05, 3.63) is 71.3 Å². The van der Waals surface area contributed by atoms with Gasteiger partial charge in [-0.25, -0.2) is 0 Å². The standard InChI is InChI=1S/C27H33N3O3S/c1-17(2)16-21(23(31)28-15-14-18-10-6-5-7-11-18)29-24(32)22-27(3,4)34-26-20-13-9-8-12-19(20)25(33)30(22)26/h5-13,17,21-22,26H,14-16H2,1-4H3,(H,28,31)(H,29,32)/t21-,22-,26-/m0/s1. The fourth-order valence-electron chi connectivity index (χ4n) is 4.86. The van der Waals surface area contributed by atoms with Gasteiger partial charge in [-0.15, -0.1) is 11.8 Å². The lowest BCUT2D eigenvalue weighted by molar-refractivity contribution is -0.132. The molecule has 34 heavy (non-hydrogen) atoms. The number of benzene rings is 2. The van der Waals surface area contributed by atoms with E-state index in [-0.39, 0.29) is 29.0 Å². The number of thioether (sulfide) groups is 1. The molecule has 3 atom stereocenters. The minimum Gasteiger partial charge on any atom is -0.354 e. The number of fused-ring (bicyclic) bond motifs is 3. The van der Waals surface area contributed by atoms with Crippen molar-refractivity contribution in [2.45, 2.75) is 62.7 Å². The van der Waals surface area contributed by atoms with Crippen molar-refractivity contribution in [2.75, 3.05) is 6.54 Å². The Morgan fingerprint density at radius 2 is 1.74 bits per heavy atom. The molecule has 4 rings (SSSR count). The first kappa shape index (κ1) is 24.3. The number of rotatable bonds is 8. The molecule has 2 aromatic carbocycles. The molecular formula is C27H33N3O3S. The first-order valence-electron chi connectivity index (χ1n) is 11.9. The predicted octanol–water partition coefficient (Wildman–Crippen LogP) is 3.92. The Bertz CT molecular complexity index is 1070. The van der Waals surface area contributed by atoms with Gasteiger partial charge in [-0.3, -0.25) is 14.4 Å². The summed E-state index contributed by atoms with van der Waals surface area (Å²) in [6.45, 7) is 8.55. The molecule has 6 nitrogen and oxygen atoms in total. The van der Waals surface area contributed by atoms with Crippen molar-refractivity contribution < 1.29 is 14.4 Å². The Hall–Kier alpha value is -2.80. The normalized spacial score (nSPS) is 21.2. The van der Waals surface area contributed by atoms with Crippen molar-refractivity contribution >= 4 is 29.5 Å². The van der Waals surface area contributed by atoms with Crippen molar-refractivity contribution in [2.24, 2.45) is 5.92 Å². The third kappa shape index (κ3) is 4.85. The van der Waals surface area contributed by atoms with E-state index in [9.17, 15) is 14.4 Å². The summed E-state index contributed by atoms with van der Waals surface area (Å²) >= 11 is 1.63. The van der Waals surface area contributed by atoms with E-state index in [0.29, 0.717) is 18.5 Å². The maximum absolute atomic E-state index is 13.6. The SMILES string of the molecule is CC(C)C[C@H](NC(=O)[C@@H]1N2C(=O)c3ccccc3[C@@H]2SC1(C)C)C(=O)NCCc1ccccc1. The van der Waals surface area contributed by atoms with E-state index in [0.717, 1.165) is 17.5 Å². The number of amides is 3. The van der Waals surface area contributed by atoms with Crippen LogP contribution in [-0.4, -0.2) is 46.0 Å². The van der Waals surface area contributed by atoms with E-state index in [2.05, 4.69) is 10.6 Å². The molecule has 2 aliphatic heterocycles. The van der Waals surface area contributed by atoms with Crippen LogP contribution >= 0.6 is 11.8 Å². The van der Waals surface area contributed by atoms with Gasteiger partial charge in [0, 0.05) is 16.9 Å². The lowest BCUT2D eigenvalue weighted by Gasteiger charge is -2.31. The van der Waals surface area contributed by atoms with Crippen LogP contribution in [0.5, 0.6) is 0 Å². The van der Waals surface area contributed by atoms with Crippen LogP contribution in [0.2, 0.25) is 0 Å². The van der Waals surface area contributed by atoms with Gasteiger partial charge in [-0.2, -0.15) is 0 Å². The van der Waals surface area contributed by atoms with Crippen molar-refractivity contribution in [3.63, 3.8) is 0 Å². The van der Waals surface area contributed by atoms with Crippen LogP contribution in [0, 0.1) is 5.92 Å². The van der Waals surface area contributed by atoms with Crippen molar-refractivity contribution in [1.82, 2.24) is 15.5 Å². The lowest BCUT2D eigenvalue weighted by Crippen LogP contribution is -2.57. The van der Waals surface area contributed by atoms with Gasteiger partial charge in [-0.1, -0.05) is 62.4 Å². The molecule has 3 amide bonds. The molecule has 2 N–H and O–H groups in total. The summed E-state index contributed by atoms with van der Waals surface area (Å²) in [4.78, 5) is 41.5. The highest BCUT2D eigenvalue weighted by molar-refractivity contribution is 8.01. The van der Waals surface area contributed by atoms with Crippen molar-refractivity contribution in [1.29, 1.82) is 0 Å². The summed E-state index contributed by atoms with van der Waals surface area (Å²) in [5, 5.41) is 5.80. The summed E-state index contributed by atoms with van der Waals surface area (Å²) in [6, 6.07) is 16.2. The van der Waals surface area contributed by atoms with E-state index in [1.807, 2.05) is 82.3 Å². The van der Waals surface area contributed by atoms with Crippen molar-refractivity contribution in [3.8, 4) is 0 Å². The third-order valence-electron chi connectivity index (χ3n) is 6.44. The minimum atomic E-state index is -0.658. The Kier molecular flexibility index (Phi) is 7.03. The van der Waals surface area contributed by atoms with Crippen LogP contribution in [0.25, 0.3) is 0 Å². The molecular weight excluding hydrogens is 446 g/mol. The van der Waals surface area contributed by atoms with Gasteiger partial charge in [0.25, 0.3) is 5.91 Å². The van der Waals surface area contributed by atoms with Crippen LogP contribution in [0.1, 0.15) is 61.0 Å². The molecule has 7 heteroatoms. The Balaban J connectivity index is 1.46. The smallest absolute Gasteiger partial charge is 0.256 e. The fourth-order valence-corrected chi connectivity index (χ4v) is 6.44. The monoisotopic (exact) mass is 479 g/mol. The molecule has 0 unspecified atom stereocenters. The maximum Gasteiger partial charge on any atom is 0.256 e. The predicted molar refractivity (Wildman–Crippen MR) is 135 cm³/mol. The Morgan fingerprint density at radius 3 is 2.44 bits per heavy atom. The fraction of sp³-hybridized carbons (Fsp3) is 0.444.